The SMILES string of the molecule is O=C1CCc2cccnc2N1Cc1ccc(-c2noc(C(F)(F)F)n2)cn1. The monoisotopic (exact) mass is 375 g/mol. The fraction of sp³-hybridized carbons (Fsp3) is 0.235. The average Bonchev–Trinajstić information content (AvgIpc) is 3.15. The lowest BCUT2D eigenvalue weighted by Gasteiger charge is -2.27. The van der Waals surface area contributed by atoms with E-state index in [1.54, 1.807) is 17.2 Å². The molecule has 0 N–H and O–H groups in total. The zero-order chi connectivity index (χ0) is 19.0. The number of rotatable bonds is 3. The molecule has 1 amide bonds. The molecule has 7 nitrogen and oxygen atoms in total. The molecule has 1 aliphatic rings. The predicted octanol–water partition coefficient (Wildman–Crippen LogP) is 3.02. The summed E-state index contributed by atoms with van der Waals surface area (Å²) in [5.74, 6) is -1.07. The smallest absolute Gasteiger partial charge is 0.329 e. The van der Waals surface area contributed by atoms with Crippen molar-refractivity contribution in [1.82, 2.24) is 20.1 Å². The predicted molar refractivity (Wildman–Crippen MR) is 86.3 cm³/mol. The highest BCUT2D eigenvalue weighted by molar-refractivity contribution is 5.95. The molecule has 0 unspecified atom stereocenters. The summed E-state index contributed by atoms with van der Waals surface area (Å²) >= 11 is 0. The number of carbonyl (C=O) groups excluding carboxylic acids is 1. The van der Waals surface area contributed by atoms with Gasteiger partial charge in [-0.1, -0.05) is 11.2 Å². The quantitative estimate of drug-likeness (QED) is 0.700. The molecule has 0 saturated heterocycles. The number of aryl methyl sites for hydroxylation is 1. The van der Waals surface area contributed by atoms with Gasteiger partial charge in [0, 0.05) is 24.4 Å². The molecular formula is C17H12F3N5O2. The largest absolute Gasteiger partial charge is 0.471 e. The second-order valence-electron chi connectivity index (χ2n) is 5.93. The van der Waals surface area contributed by atoms with Crippen LogP contribution in [-0.4, -0.2) is 26.0 Å². The third-order valence-corrected chi connectivity index (χ3v) is 4.10. The van der Waals surface area contributed by atoms with E-state index in [9.17, 15) is 18.0 Å². The summed E-state index contributed by atoms with van der Waals surface area (Å²) in [7, 11) is 0. The Bertz CT molecular complexity index is 985. The maximum atomic E-state index is 12.5. The number of carbonyl (C=O) groups is 1. The number of fused-ring (bicyclic) bond motifs is 1. The highest BCUT2D eigenvalue weighted by atomic mass is 19.4. The van der Waals surface area contributed by atoms with Crippen LogP contribution in [-0.2, 0) is 23.9 Å². The van der Waals surface area contributed by atoms with Gasteiger partial charge in [-0.15, -0.1) is 0 Å². The normalized spacial score (nSPS) is 14.3. The highest BCUT2D eigenvalue weighted by Gasteiger charge is 2.38. The summed E-state index contributed by atoms with van der Waals surface area (Å²) in [6.07, 6.45) is -0.707. The van der Waals surface area contributed by atoms with E-state index in [1.165, 1.54) is 12.3 Å². The van der Waals surface area contributed by atoms with Gasteiger partial charge in [0.05, 0.1) is 12.2 Å². The standard InChI is InChI=1S/C17H12F3N5O2/c18-17(19,20)16-23-14(24-27-16)11-3-5-12(22-8-11)9-25-13(26)6-4-10-2-1-7-21-15(10)25/h1-3,5,7-8H,4,6,9H2. The van der Waals surface area contributed by atoms with Gasteiger partial charge in [0.15, 0.2) is 0 Å². The van der Waals surface area contributed by atoms with E-state index in [0.29, 0.717) is 24.4 Å². The molecule has 27 heavy (non-hydrogen) atoms. The Hall–Kier alpha value is -3.30. The zero-order valence-electron chi connectivity index (χ0n) is 13.8. The third kappa shape index (κ3) is 3.37. The first-order valence-electron chi connectivity index (χ1n) is 8.02. The number of aromatic nitrogens is 4. The first-order valence-corrected chi connectivity index (χ1v) is 8.02. The molecule has 0 fully saturated rings. The van der Waals surface area contributed by atoms with Crippen molar-refractivity contribution < 1.29 is 22.5 Å². The summed E-state index contributed by atoms with van der Waals surface area (Å²) in [5.41, 5.74) is 1.83. The summed E-state index contributed by atoms with van der Waals surface area (Å²) in [4.78, 5) is 25.6. The Labute approximate surface area is 150 Å². The third-order valence-electron chi connectivity index (χ3n) is 4.10. The molecule has 138 valence electrons. The lowest BCUT2D eigenvalue weighted by molar-refractivity contribution is -0.159. The van der Waals surface area contributed by atoms with Gasteiger partial charge in [0.2, 0.25) is 11.7 Å². The van der Waals surface area contributed by atoms with Crippen molar-refractivity contribution in [2.45, 2.75) is 25.6 Å². The topological polar surface area (TPSA) is 85.0 Å². The number of hydrogen-bond acceptors (Lipinski definition) is 6. The van der Waals surface area contributed by atoms with Gasteiger partial charge in [-0.25, -0.2) is 4.98 Å². The molecule has 10 heteroatoms. The molecule has 0 radical (unpaired) electrons. The van der Waals surface area contributed by atoms with Crippen molar-refractivity contribution >= 4 is 11.7 Å². The van der Waals surface area contributed by atoms with Crippen LogP contribution in [0.15, 0.2) is 41.2 Å². The molecule has 4 rings (SSSR count). The molecule has 0 atom stereocenters. The van der Waals surface area contributed by atoms with Gasteiger partial charge < -0.3 is 4.52 Å². The van der Waals surface area contributed by atoms with Gasteiger partial charge in [-0.05, 0) is 30.2 Å². The summed E-state index contributed by atoms with van der Waals surface area (Å²) in [6, 6.07) is 6.87. The number of anilines is 1. The first-order chi connectivity index (χ1) is 12.9. The molecule has 0 saturated carbocycles. The maximum Gasteiger partial charge on any atom is 0.471 e. The lowest BCUT2D eigenvalue weighted by atomic mass is 10.0. The van der Waals surface area contributed by atoms with E-state index < -0.39 is 12.1 Å². The number of nitrogens with zero attached hydrogens (tertiary/aromatic N) is 5. The molecule has 0 spiro atoms. The van der Waals surface area contributed by atoms with Crippen LogP contribution >= 0.6 is 0 Å². The molecule has 0 aliphatic carbocycles. The van der Waals surface area contributed by atoms with Crippen molar-refractivity contribution in [3.8, 4) is 11.4 Å². The van der Waals surface area contributed by atoms with Gasteiger partial charge in [0.1, 0.15) is 5.82 Å². The molecule has 4 heterocycles. The Morgan fingerprint density at radius 1 is 1.15 bits per heavy atom. The molecule has 3 aromatic heterocycles. The number of alkyl halides is 3. The van der Waals surface area contributed by atoms with Gasteiger partial charge in [-0.2, -0.15) is 18.2 Å². The van der Waals surface area contributed by atoms with Crippen LogP contribution < -0.4 is 4.90 Å². The maximum absolute atomic E-state index is 12.5. The average molecular weight is 375 g/mol. The second kappa shape index (κ2) is 6.45. The zero-order valence-corrected chi connectivity index (χ0v) is 13.8. The Kier molecular flexibility index (Phi) is 4.09. The van der Waals surface area contributed by atoms with Crippen molar-refractivity contribution in [3.63, 3.8) is 0 Å². The summed E-state index contributed by atoms with van der Waals surface area (Å²) in [5, 5.41) is 3.32. The summed E-state index contributed by atoms with van der Waals surface area (Å²) < 4.78 is 41.8. The summed E-state index contributed by atoms with van der Waals surface area (Å²) in [6.45, 7) is 0.211. The number of amides is 1. The number of pyridine rings is 2. The second-order valence-corrected chi connectivity index (χ2v) is 5.93. The van der Waals surface area contributed by atoms with Crippen molar-refractivity contribution in [3.05, 3.63) is 53.8 Å². The van der Waals surface area contributed by atoms with Crippen LogP contribution in [0.1, 0.15) is 23.6 Å². The van der Waals surface area contributed by atoms with Gasteiger partial charge in [0.25, 0.3) is 0 Å². The molecule has 0 aromatic carbocycles. The molecule has 3 aromatic rings. The van der Waals surface area contributed by atoms with E-state index in [1.807, 2.05) is 12.1 Å². The van der Waals surface area contributed by atoms with Gasteiger partial charge in [-0.3, -0.25) is 14.7 Å². The highest BCUT2D eigenvalue weighted by Crippen LogP contribution is 2.30. The van der Waals surface area contributed by atoms with E-state index in [4.69, 9.17) is 0 Å². The van der Waals surface area contributed by atoms with Crippen LogP contribution in [0.2, 0.25) is 0 Å². The molecular weight excluding hydrogens is 363 g/mol. The van der Waals surface area contributed by atoms with E-state index in [0.717, 1.165) is 5.56 Å². The van der Waals surface area contributed by atoms with Crippen molar-refractivity contribution in [2.75, 3.05) is 4.90 Å². The Balaban J connectivity index is 1.55. The lowest BCUT2D eigenvalue weighted by Crippen LogP contribution is -2.35. The molecule has 1 aliphatic heterocycles. The van der Waals surface area contributed by atoms with Crippen LogP contribution in [0.5, 0.6) is 0 Å². The first kappa shape index (κ1) is 17.1. The van der Waals surface area contributed by atoms with E-state index in [2.05, 4.69) is 24.6 Å². The van der Waals surface area contributed by atoms with Crippen LogP contribution in [0.3, 0.4) is 0 Å². The minimum atomic E-state index is -4.70. The fourth-order valence-corrected chi connectivity index (χ4v) is 2.79. The van der Waals surface area contributed by atoms with Crippen molar-refractivity contribution in [1.29, 1.82) is 0 Å². The van der Waals surface area contributed by atoms with E-state index >= 15 is 0 Å². The Morgan fingerprint density at radius 3 is 2.70 bits per heavy atom. The van der Waals surface area contributed by atoms with Crippen LogP contribution in [0.25, 0.3) is 11.4 Å². The van der Waals surface area contributed by atoms with Gasteiger partial charge >= 0.3 is 12.1 Å². The fourth-order valence-electron chi connectivity index (χ4n) is 2.79. The Morgan fingerprint density at radius 2 is 2.00 bits per heavy atom. The van der Waals surface area contributed by atoms with E-state index in [-0.39, 0.29) is 23.8 Å². The minimum absolute atomic E-state index is 0.0555. The van der Waals surface area contributed by atoms with Crippen molar-refractivity contribution in [2.24, 2.45) is 0 Å². The van der Waals surface area contributed by atoms with Crippen LogP contribution in [0.4, 0.5) is 19.0 Å². The number of hydrogen-bond donors (Lipinski definition) is 0. The molecule has 0 bridgehead atoms. The van der Waals surface area contributed by atoms with Crippen LogP contribution in [0, 0.1) is 0 Å². The minimum Gasteiger partial charge on any atom is -0.329 e. The number of halogens is 3.